The zero-order valence-electron chi connectivity index (χ0n) is 14.0. The zero-order chi connectivity index (χ0) is 18.8. The first kappa shape index (κ1) is 19.9. The highest BCUT2D eigenvalue weighted by molar-refractivity contribution is 8.00. The molecule has 0 unspecified atom stereocenters. The third kappa shape index (κ3) is 6.47. The smallest absolute Gasteiger partial charge is 0.316 e. The van der Waals surface area contributed by atoms with E-state index >= 15 is 0 Å². The molecule has 0 heterocycles. The molecule has 1 N–H and O–H groups in total. The molecule has 2 aromatic carbocycles. The maximum Gasteiger partial charge on any atom is 0.316 e. The van der Waals surface area contributed by atoms with Crippen LogP contribution in [0.25, 0.3) is 0 Å². The molecule has 4 nitrogen and oxygen atoms in total. The molecule has 1 atom stereocenters. The highest BCUT2D eigenvalue weighted by Gasteiger charge is 2.17. The maximum absolute atomic E-state index is 12.0. The van der Waals surface area contributed by atoms with Crippen molar-refractivity contribution in [3.63, 3.8) is 0 Å². The fourth-order valence-corrected chi connectivity index (χ4v) is 3.40. The van der Waals surface area contributed by atoms with Crippen LogP contribution in [-0.4, -0.2) is 30.8 Å². The maximum atomic E-state index is 12.0. The van der Waals surface area contributed by atoms with Gasteiger partial charge in [-0.2, -0.15) is 0 Å². The van der Waals surface area contributed by atoms with Gasteiger partial charge in [0.05, 0.1) is 17.5 Å². The van der Waals surface area contributed by atoms with E-state index in [0.29, 0.717) is 5.02 Å². The predicted molar refractivity (Wildman–Crippen MR) is 105 cm³/mol. The second kappa shape index (κ2) is 10.5. The lowest BCUT2D eigenvalue weighted by Crippen LogP contribution is -2.29. The van der Waals surface area contributed by atoms with Crippen LogP contribution >= 0.6 is 23.4 Å². The van der Waals surface area contributed by atoms with E-state index in [1.54, 1.807) is 0 Å². The summed E-state index contributed by atoms with van der Waals surface area (Å²) in [6, 6.07) is 17.4. The van der Waals surface area contributed by atoms with Crippen LogP contribution < -0.4 is 5.32 Å². The monoisotopic (exact) mass is 387 g/mol. The number of carbonyl (C=O) groups is 2. The van der Waals surface area contributed by atoms with Crippen molar-refractivity contribution in [3.05, 3.63) is 70.7 Å². The van der Waals surface area contributed by atoms with Crippen LogP contribution in [0, 0.1) is 12.3 Å². The topological polar surface area (TPSA) is 55.4 Å². The van der Waals surface area contributed by atoms with Crippen molar-refractivity contribution in [2.75, 3.05) is 18.9 Å². The summed E-state index contributed by atoms with van der Waals surface area (Å²) in [5.74, 6) is 1.52. The van der Waals surface area contributed by atoms with Crippen LogP contribution in [0.3, 0.4) is 0 Å². The molecule has 0 bridgehead atoms. The van der Waals surface area contributed by atoms with Crippen LogP contribution in [0.4, 0.5) is 0 Å². The van der Waals surface area contributed by atoms with E-state index in [0.717, 1.165) is 11.1 Å². The fraction of sp³-hybridized carbons (Fsp3) is 0.200. The Labute approximate surface area is 162 Å². The highest BCUT2D eigenvalue weighted by Crippen LogP contribution is 2.36. The first-order valence-electron chi connectivity index (χ1n) is 7.88. The third-order valence-corrected chi connectivity index (χ3v) is 4.93. The Hall–Kier alpha value is -2.42. The summed E-state index contributed by atoms with van der Waals surface area (Å²) in [4.78, 5) is 23.4. The van der Waals surface area contributed by atoms with E-state index in [9.17, 15) is 9.59 Å². The number of halogens is 1. The molecule has 6 heteroatoms. The predicted octanol–water partition coefficient (Wildman–Crippen LogP) is 3.46. The molecule has 1 amide bonds. The minimum atomic E-state index is -0.458. The van der Waals surface area contributed by atoms with Gasteiger partial charge in [-0.3, -0.25) is 9.59 Å². The fourth-order valence-electron chi connectivity index (χ4n) is 2.19. The molecule has 0 saturated carbocycles. The van der Waals surface area contributed by atoms with Crippen molar-refractivity contribution in [1.29, 1.82) is 0 Å². The number of benzene rings is 2. The van der Waals surface area contributed by atoms with E-state index in [2.05, 4.69) is 11.2 Å². The van der Waals surface area contributed by atoms with Crippen molar-refractivity contribution >= 4 is 35.2 Å². The summed E-state index contributed by atoms with van der Waals surface area (Å²) in [5.41, 5.74) is 2.10. The number of carbonyl (C=O) groups excluding carboxylic acids is 2. The molecule has 2 rings (SSSR count). The third-order valence-electron chi connectivity index (χ3n) is 3.39. The Bertz CT molecular complexity index is 772. The van der Waals surface area contributed by atoms with Gasteiger partial charge in [0.1, 0.15) is 0 Å². The number of nitrogens with one attached hydrogen (secondary N) is 1. The SMILES string of the molecule is C#CCNC(=O)COC(=O)CS[C@@H](c1ccccc1)c1ccc(Cl)cc1. The Morgan fingerprint density at radius 1 is 1.12 bits per heavy atom. The molecule has 0 saturated heterocycles. The van der Waals surface area contributed by atoms with Crippen molar-refractivity contribution < 1.29 is 14.3 Å². The Morgan fingerprint density at radius 2 is 1.77 bits per heavy atom. The summed E-state index contributed by atoms with van der Waals surface area (Å²) >= 11 is 7.40. The van der Waals surface area contributed by atoms with Gasteiger partial charge in [-0.25, -0.2) is 0 Å². The molecule has 0 fully saturated rings. The number of rotatable bonds is 8. The van der Waals surface area contributed by atoms with Gasteiger partial charge < -0.3 is 10.1 Å². The van der Waals surface area contributed by atoms with Gasteiger partial charge in [-0.15, -0.1) is 18.2 Å². The van der Waals surface area contributed by atoms with Crippen molar-refractivity contribution in [2.45, 2.75) is 5.25 Å². The Balaban J connectivity index is 1.97. The summed E-state index contributed by atoms with van der Waals surface area (Å²) < 4.78 is 4.98. The molecule has 134 valence electrons. The first-order chi connectivity index (χ1) is 12.6. The van der Waals surface area contributed by atoms with Crippen LogP contribution in [0.15, 0.2) is 54.6 Å². The number of terminal acetylenes is 1. The van der Waals surface area contributed by atoms with Gasteiger partial charge >= 0.3 is 5.97 Å². The van der Waals surface area contributed by atoms with Crippen LogP contribution in [-0.2, 0) is 14.3 Å². The molecule has 0 aliphatic rings. The molecule has 0 radical (unpaired) electrons. The van der Waals surface area contributed by atoms with Gasteiger partial charge in [0, 0.05) is 5.02 Å². The summed E-state index contributed by atoms with van der Waals surface area (Å²) in [5, 5.41) is 3.05. The van der Waals surface area contributed by atoms with E-state index in [1.165, 1.54) is 11.8 Å². The minimum Gasteiger partial charge on any atom is -0.455 e. The normalized spacial score (nSPS) is 11.2. The van der Waals surface area contributed by atoms with Crippen LogP contribution in [0.2, 0.25) is 5.02 Å². The van der Waals surface area contributed by atoms with Gasteiger partial charge in [0.2, 0.25) is 0 Å². The molecular formula is C20H18ClNO3S. The standard InChI is InChI=1S/C20H18ClNO3S/c1-2-12-22-18(23)13-25-19(24)14-26-20(15-6-4-3-5-7-15)16-8-10-17(21)11-9-16/h1,3-11,20H,12-14H2,(H,22,23)/t20-/m0/s1. The van der Waals surface area contributed by atoms with Gasteiger partial charge in [-0.05, 0) is 23.3 Å². The quantitative estimate of drug-likeness (QED) is 0.556. The van der Waals surface area contributed by atoms with Crippen molar-refractivity contribution in [2.24, 2.45) is 0 Å². The second-order valence-electron chi connectivity index (χ2n) is 5.29. The molecule has 0 aromatic heterocycles. The molecular weight excluding hydrogens is 370 g/mol. The Morgan fingerprint density at radius 3 is 2.42 bits per heavy atom. The number of amides is 1. The lowest BCUT2D eigenvalue weighted by atomic mass is 10.0. The summed E-state index contributed by atoms with van der Waals surface area (Å²) in [6.07, 6.45) is 5.05. The van der Waals surface area contributed by atoms with Gasteiger partial charge in [0.25, 0.3) is 5.91 Å². The molecule has 0 spiro atoms. The van der Waals surface area contributed by atoms with Crippen LogP contribution in [0.5, 0.6) is 0 Å². The van der Waals surface area contributed by atoms with Crippen molar-refractivity contribution in [1.82, 2.24) is 5.32 Å². The van der Waals surface area contributed by atoms with Gasteiger partial charge in [-0.1, -0.05) is 60.0 Å². The van der Waals surface area contributed by atoms with E-state index in [-0.39, 0.29) is 24.2 Å². The van der Waals surface area contributed by atoms with E-state index < -0.39 is 11.9 Å². The first-order valence-corrected chi connectivity index (χ1v) is 9.30. The molecule has 0 aliphatic carbocycles. The largest absolute Gasteiger partial charge is 0.455 e. The van der Waals surface area contributed by atoms with E-state index in [1.807, 2.05) is 54.6 Å². The minimum absolute atomic E-state index is 0.0451. The molecule has 0 aliphatic heterocycles. The molecule has 2 aromatic rings. The zero-order valence-corrected chi connectivity index (χ0v) is 15.6. The number of thioether (sulfide) groups is 1. The number of ether oxygens (including phenoxy) is 1. The van der Waals surface area contributed by atoms with Crippen molar-refractivity contribution in [3.8, 4) is 12.3 Å². The summed E-state index contributed by atoms with van der Waals surface area (Å²) in [7, 11) is 0. The molecule has 26 heavy (non-hydrogen) atoms. The average molecular weight is 388 g/mol. The van der Waals surface area contributed by atoms with Crippen LogP contribution in [0.1, 0.15) is 16.4 Å². The lowest BCUT2D eigenvalue weighted by molar-refractivity contribution is -0.145. The second-order valence-corrected chi connectivity index (χ2v) is 6.82. The lowest BCUT2D eigenvalue weighted by Gasteiger charge is -2.17. The average Bonchev–Trinajstić information content (AvgIpc) is 2.67. The summed E-state index contributed by atoms with van der Waals surface area (Å²) in [6.45, 7) is -0.226. The number of hydrogen-bond acceptors (Lipinski definition) is 4. The number of hydrogen-bond donors (Lipinski definition) is 1. The highest BCUT2D eigenvalue weighted by atomic mass is 35.5. The van der Waals surface area contributed by atoms with Gasteiger partial charge in [0.15, 0.2) is 6.61 Å². The Kier molecular flexibility index (Phi) is 8.07. The number of esters is 1. The van der Waals surface area contributed by atoms with E-state index in [4.69, 9.17) is 22.8 Å².